The standard InChI is InChI=1S/C17H26N4O/c1-14(15-5-4-6-15)19-17(22)21-11-9-20(10-12-21)13-16-7-2-3-8-18-16/h2-3,7-8,14-15H,4-6,9-13H2,1H3,(H,19,22). The van der Waals surface area contributed by atoms with Gasteiger partial charge in [-0.1, -0.05) is 12.5 Å². The van der Waals surface area contributed by atoms with Gasteiger partial charge in [0.1, 0.15) is 0 Å². The van der Waals surface area contributed by atoms with Crippen molar-refractivity contribution in [1.29, 1.82) is 0 Å². The van der Waals surface area contributed by atoms with E-state index in [1.807, 2.05) is 23.2 Å². The molecule has 1 saturated carbocycles. The van der Waals surface area contributed by atoms with Crippen LogP contribution in [-0.4, -0.2) is 53.0 Å². The summed E-state index contributed by atoms with van der Waals surface area (Å²) in [5, 5.41) is 3.17. The molecule has 1 aromatic heterocycles. The maximum atomic E-state index is 12.3. The molecule has 2 fully saturated rings. The van der Waals surface area contributed by atoms with Gasteiger partial charge in [-0.05, 0) is 37.8 Å². The quantitative estimate of drug-likeness (QED) is 0.926. The molecule has 0 aromatic carbocycles. The first-order valence-corrected chi connectivity index (χ1v) is 8.40. The Bertz CT molecular complexity index is 481. The molecular formula is C17H26N4O. The highest BCUT2D eigenvalue weighted by molar-refractivity contribution is 5.74. The number of carbonyl (C=O) groups excluding carboxylic acids is 1. The predicted octanol–water partition coefficient (Wildman–Crippen LogP) is 2.10. The minimum Gasteiger partial charge on any atom is -0.335 e. The summed E-state index contributed by atoms with van der Waals surface area (Å²) in [6.45, 7) is 6.45. The number of hydrogen-bond donors (Lipinski definition) is 1. The number of nitrogens with zero attached hydrogens (tertiary/aromatic N) is 3. The monoisotopic (exact) mass is 302 g/mol. The molecule has 1 aliphatic carbocycles. The van der Waals surface area contributed by atoms with E-state index >= 15 is 0 Å². The van der Waals surface area contributed by atoms with Crippen LogP contribution >= 0.6 is 0 Å². The third-order valence-electron chi connectivity index (χ3n) is 4.98. The Kier molecular flexibility index (Phi) is 4.93. The molecule has 1 N–H and O–H groups in total. The fourth-order valence-corrected chi connectivity index (χ4v) is 3.17. The molecule has 22 heavy (non-hydrogen) atoms. The maximum Gasteiger partial charge on any atom is 0.317 e. The molecule has 1 aliphatic heterocycles. The highest BCUT2D eigenvalue weighted by Crippen LogP contribution is 2.29. The van der Waals surface area contributed by atoms with Crippen molar-refractivity contribution in [2.45, 2.75) is 38.8 Å². The topological polar surface area (TPSA) is 48.5 Å². The lowest BCUT2D eigenvalue weighted by Gasteiger charge is -2.37. The zero-order valence-corrected chi connectivity index (χ0v) is 13.4. The first-order valence-electron chi connectivity index (χ1n) is 8.40. The van der Waals surface area contributed by atoms with Crippen molar-refractivity contribution in [2.75, 3.05) is 26.2 Å². The maximum absolute atomic E-state index is 12.3. The van der Waals surface area contributed by atoms with Crippen LogP contribution in [0.25, 0.3) is 0 Å². The number of carbonyl (C=O) groups is 1. The summed E-state index contributed by atoms with van der Waals surface area (Å²) in [5.74, 6) is 0.689. The van der Waals surface area contributed by atoms with Gasteiger partial charge in [0.05, 0.1) is 5.69 Å². The largest absolute Gasteiger partial charge is 0.335 e. The normalized spacial score (nSPS) is 21.2. The van der Waals surface area contributed by atoms with E-state index in [-0.39, 0.29) is 6.03 Å². The Balaban J connectivity index is 1.42. The van der Waals surface area contributed by atoms with Gasteiger partial charge in [-0.2, -0.15) is 0 Å². The minimum atomic E-state index is 0.108. The summed E-state index contributed by atoms with van der Waals surface area (Å²) in [6, 6.07) is 6.44. The molecule has 2 heterocycles. The Labute approximate surface area is 132 Å². The highest BCUT2D eigenvalue weighted by atomic mass is 16.2. The Morgan fingerprint density at radius 1 is 1.32 bits per heavy atom. The SMILES string of the molecule is CC(NC(=O)N1CCN(Cc2ccccn2)CC1)C1CCC1. The molecule has 1 unspecified atom stereocenters. The molecule has 0 radical (unpaired) electrons. The molecule has 5 nitrogen and oxygen atoms in total. The lowest BCUT2D eigenvalue weighted by atomic mass is 9.80. The molecule has 5 heteroatoms. The molecular weight excluding hydrogens is 276 g/mol. The van der Waals surface area contributed by atoms with Crippen molar-refractivity contribution in [3.63, 3.8) is 0 Å². The van der Waals surface area contributed by atoms with Gasteiger partial charge in [0.15, 0.2) is 0 Å². The summed E-state index contributed by atoms with van der Waals surface area (Å²) in [5.41, 5.74) is 1.10. The number of amides is 2. The second kappa shape index (κ2) is 7.09. The van der Waals surface area contributed by atoms with Crippen LogP contribution in [-0.2, 0) is 6.54 Å². The van der Waals surface area contributed by atoms with Crippen LogP contribution < -0.4 is 5.32 Å². The van der Waals surface area contributed by atoms with Crippen molar-refractivity contribution >= 4 is 6.03 Å². The van der Waals surface area contributed by atoms with E-state index in [0.717, 1.165) is 38.4 Å². The van der Waals surface area contributed by atoms with Gasteiger partial charge in [0, 0.05) is 45.0 Å². The molecule has 0 spiro atoms. The lowest BCUT2D eigenvalue weighted by molar-refractivity contribution is 0.128. The van der Waals surface area contributed by atoms with E-state index < -0.39 is 0 Å². The number of piperazine rings is 1. The van der Waals surface area contributed by atoms with Crippen molar-refractivity contribution in [1.82, 2.24) is 20.1 Å². The Hall–Kier alpha value is -1.62. The zero-order valence-electron chi connectivity index (χ0n) is 13.4. The number of urea groups is 1. The average molecular weight is 302 g/mol. The second-order valence-electron chi connectivity index (χ2n) is 6.51. The molecule has 1 atom stereocenters. The van der Waals surface area contributed by atoms with Gasteiger partial charge in [0.25, 0.3) is 0 Å². The van der Waals surface area contributed by atoms with E-state index in [2.05, 4.69) is 28.2 Å². The number of pyridine rings is 1. The smallest absolute Gasteiger partial charge is 0.317 e. The van der Waals surface area contributed by atoms with Gasteiger partial charge >= 0.3 is 6.03 Å². The van der Waals surface area contributed by atoms with Crippen molar-refractivity contribution in [3.05, 3.63) is 30.1 Å². The van der Waals surface area contributed by atoms with Gasteiger partial charge in [-0.25, -0.2) is 4.79 Å². The third kappa shape index (κ3) is 3.77. The first kappa shape index (κ1) is 15.3. The Morgan fingerprint density at radius 3 is 2.68 bits per heavy atom. The molecule has 2 aliphatic rings. The lowest BCUT2D eigenvalue weighted by Crippen LogP contribution is -2.54. The summed E-state index contributed by atoms with van der Waals surface area (Å²) in [4.78, 5) is 21.0. The number of nitrogens with one attached hydrogen (secondary N) is 1. The molecule has 120 valence electrons. The van der Waals surface area contributed by atoms with Crippen LogP contribution in [0.3, 0.4) is 0 Å². The molecule has 1 aromatic rings. The van der Waals surface area contributed by atoms with Crippen LogP contribution in [0.15, 0.2) is 24.4 Å². The van der Waals surface area contributed by atoms with Crippen LogP contribution in [0.2, 0.25) is 0 Å². The second-order valence-corrected chi connectivity index (χ2v) is 6.51. The molecule has 1 saturated heterocycles. The summed E-state index contributed by atoms with van der Waals surface area (Å²) >= 11 is 0. The van der Waals surface area contributed by atoms with Gasteiger partial charge in [-0.3, -0.25) is 9.88 Å². The number of hydrogen-bond acceptors (Lipinski definition) is 3. The summed E-state index contributed by atoms with van der Waals surface area (Å²) < 4.78 is 0. The average Bonchev–Trinajstić information content (AvgIpc) is 2.47. The van der Waals surface area contributed by atoms with Gasteiger partial charge < -0.3 is 10.2 Å². The van der Waals surface area contributed by atoms with E-state index in [1.54, 1.807) is 0 Å². The summed E-state index contributed by atoms with van der Waals surface area (Å²) in [6.07, 6.45) is 5.68. The molecule has 2 amide bonds. The van der Waals surface area contributed by atoms with Gasteiger partial charge in [0.2, 0.25) is 0 Å². The third-order valence-corrected chi connectivity index (χ3v) is 4.98. The first-order chi connectivity index (χ1) is 10.7. The van der Waals surface area contributed by atoms with Crippen LogP contribution in [0.4, 0.5) is 4.79 Å². The minimum absolute atomic E-state index is 0.108. The predicted molar refractivity (Wildman–Crippen MR) is 86.4 cm³/mol. The fourth-order valence-electron chi connectivity index (χ4n) is 3.17. The van der Waals surface area contributed by atoms with E-state index in [4.69, 9.17) is 0 Å². The molecule has 3 rings (SSSR count). The summed E-state index contributed by atoms with van der Waals surface area (Å²) in [7, 11) is 0. The van der Waals surface area contributed by atoms with Crippen molar-refractivity contribution in [3.8, 4) is 0 Å². The van der Waals surface area contributed by atoms with E-state index in [9.17, 15) is 4.79 Å². The van der Waals surface area contributed by atoms with E-state index in [1.165, 1.54) is 19.3 Å². The molecule has 0 bridgehead atoms. The highest BCUT2D eigenvalue weighted by Gasteiger charge is 2.27. The van der Waals surface area contributed by atoms with Crippen molar-refractivity contribution in [2.24, 2.45) is 5.92 Å². The van der Waals surface area contributed by atoms with Crippen LogP contribution in [0, 0.1) is 5.92 Å². The Morgan fingerprint density at radius 2 is 2.09 bits per heavy atom. The fraction of sp³-hybridized carbons (Fsp3) is 0.647. The number of aromatic nitrogens is 1. The zero-order chi connectivity index (χ0) is 15.4. The van der Waals surface area contributed by atoms with Gasteiger partial charge in [-0.15, -0.1) is 0 Å². The van der Waals surface area contributed by atoms with E-state index in [0.29, 0.717) is 12.0 Å². The van der Waals surface area contributed by atoms with Crippen molar-refractivity contribution < 1.29 is 4.79 Å². The number of rotatable bonds is 4. The van der Waals surface area contributed by atoms with Crippen LogP contribution in [0.5, 0.6) is 0 Å². The van der Waals surface area contributed by atoms with Crippen LogP contribution in [0.1, 0.15) is 31.9 Å².